The van der Waals surface area contributed by atoms with Crippen molar-refractivity contribution < 1.29 is 0 Å². The number of likely N-dealkylation sites (tertiary alicyclic amines) is 1. The van der Waals surface area contributed by atoms with Gasteiger partial charge in [0.15, 0.2) is 0 Å². The second kappa shape index (κ2) is 7.78. The fourth-order valence-corrected chi connectivity index (χ4v) is 4.73. The van der Waals surface area contributed by atoms with Gasteiger partial charge in [0.25, 0.3) is 0 Å². The zero-order valence-electron chi connectivity index (χ0n) is 13.8. The third kappa shape index (κ3) is 4.10. The van der Waals surface area contributed by atoms with Crippen molar-refractivity contribution in [3.63, 3.8) is 0 Å². The first-order valence-corrected chi connectivity index (χ1v) is 9.50. The second-order valence-corrected chi connectivity index (χ2v) is 7.61. The van der Waals surface area contributed by atoms with Crippen LogP contribution in [0.2, 0.25) is 0 Å². The largest absolute Gasteiger partial charge is 0.315 e. The van der Waals surface area contributed by atoms with Crippen LogP contribution >= 0.6 is 0 Å². The summed E-state index contributed by atoms with van der Waals surface area (Å²) in [6, 6.07) is 0. The van der Waals surface area contributed by atoms with Crippen molar-refractivity contribution in [2.45, 2.75) is 76.2 Å². The van der Waals surface area contributed by atoms with Gasteiger partial charge in [-0.2, -0.15) is 0 Å². The Kier molecular flexibility index (Phi) is 5.76. The first kappa shape index (κ1) is 15.6. The predicted molar refractivity (Wildman–Crippen MR) is 90.6 cm³/mol. The van der Waals surface area contributed by atoms with E-state index in [1.807, 2.05) is 0 Å². The molecule has 0 aromatic carbocycles. The zero-order valence-corrected chi connectivity index (χ0v) is 13.8. The van der Waals surface area contributed by atoms with Crippen LogP contribution in [0.1, 0.15) is 70.6 Å². The van der Waals surface area contributed by atoms with Gasteiger partial charge in [0.05, 0.1) is 0 Å². The Balaban J connectivity index is 1.53. The van der Waals surface area contributed by atoms with Crippen molar-refractivity contribution in [2.75, 3.05) is 26.2 Å². The molecule has 1 heterocycles. The van der Waals surface area contributed by atoms with Crippen LogP contribution in [0.25, 0.3) is 0 Å². The smallest absolute Gasteiger partial charge is 0.0333 e. The number of hydrogen-bond donors (Lipinski definition) is 1. The van der Waals surface area contributed by atoms with Crippen LogP contribution < -0.4 is 5.32 Å². The summed E-state index contributed by atoms with van der Waals surface area (Å²) in [6.07, 6.45) is 20.3. The van der Waals surface area contributed by atoms with Gasteiger partial charge in [-0.1, -0.05) is 37.8 Å². The quantitative estimate of drug-likeness (QED) is 0.766. The summed E-state index contributed by atoms with van der Waals surface area (Å²) in [5.74, 6) is 0.886. The molecule has 0 spiro atoms. The monoisotopic (exact) mass is 290 g/mol. The minimum atomic E-state index is 0.503. The molecule has 1 saturated carbocycles. The van der Waals surface area contributed by atoms with E-state index in [2.05, 4.69) is 22.4 Å². The summed E-state index contributed by atoms with van der Waals surface area (Å²) in [5.41, 5.74) is 0.503. The first-order chi connectivity index (χ1) is 10.4. The van der Waals surface area contributed by atoms with E-state index in [0.717, 1.165) is 5.92 Å². The number of allylic oxidation sites excluding steroid dienone is 2. The van der Waals surface area contributed by atoms with Crippen molar-refractivity contribution in [1.82, 2.24) is 10.2 Å². The Hall–Kier alpha value is -0.340. The molecule has 0 aromatic heterocycles. The van der Waals surface area contributed by atoms with Crippen LogP contribution in [-0.2, 0) is 0 Å². The Labute approximate surface area is 131 Å². The average molecular weight is 290 g/mol. The molecule has 0 radical (unpaired) electrons. The van der Waals surface area contributed by atoms with Gasteiger partial charge in [0, 0.05) is 12.1 Å². The minimum Gasteiger partial charge on any atom is -0.315 e. The average Bonchev–Trinajstić information content (AvgIpc) is 2.58. The van der Waals surface area contributed by atoms with Crippen LogP contribution in [0.15, 0.2) is 12.2 Å². The molecule has 1 unspecified atom stereocenters. The SMILES string of the molecule is C1=CCC(CNCC2(N3CCCCC3)CCCCC2)CC1. The van der Waals surface area contributed by atoms with Crippen molar-refractivity contribution in [3.8, 4) is 0 Å². The van der Waals surface area contributed by atoms with Gasteiger partial charge in [-0.3, -0.25) is 4.90 Å². The Bertz CT molecular complexity index is 324. The number of rotatable bonds is 5. The normalized spacial score (nSPS) is 30.4. The van der Waals surface area contributed by atoms with E-state index in [4.69, 9.17) is 0 Å². The molecule has 2 aliphatic carbocycles. The van der Waals surface area contributed by atoms with E-state index < -0.39 is 0 Å². The molecule has 1 saturated heterocycles. The lowest BCUT2D eigenvalue weighted by Crippen LogP contribution is -2.57. The maximum Gasteiger partial charge on any atom is 0.0333 e. The highest BCUT2D eigenvalue weighted by Crippen LogP contribution is 2.35. The van der Waals surface area contributed by atoms with E-state index in [9.17, 15) is 0 Å². The van der Waals surface area contributed by atoms with E-state index in [0.29, 0.717) is 5.54 Å². The third-order valence-corrected chi connectivity index (χ3v) is 6.08. The van der Waals surface area contributed by atoms with Gasteiger partial charge >= 0.3 is 0 Å². The van der Waals surface area contributed by atoms with Crippen molar-refractivity contribution in [3.05, 3.63) is 12.2 Å². The molecule has 2 heteroatoms. The molecule has 0 amide bonds. The molecule has 2 fully saturated rings. The van der Waals surface area contributed by atoms with E-state index in [1.165, 1.54) is 96.8 Å². The summed E-state index contributed by atoms with van der Waals surface area (Å²) in [4.78, 5) is 2.86. The Morgan fingerprint density at radius 3 is 2.43 bits per heavy atom. The second-order valence-electron chi connectivity index (χ2n) is 7.61. The maximum atomic E-state index is 3.89. The minimum absolute atomic E-state index is 0.503. The van der Waals surface area contributed by atoms with E-state index in [-0.39, 0.29) is 0 Å². The van der Waals surface area contributed by atoms with Gasteiger partial charge in [0.2, 0.25) is 0 Å². The highest BCUT2D eigenvalue weighted by atomic mass is 15.2. The highest BCUT2D eigenvalue weighted by Gasteiger charge is 2.37. The molecule has 120 valence electrons. The van der Waals surface area contributed by atoms with Gasteiger partial charge in [-0.05, 0) is 70.5 Å². The topological polar surface area (TPSA) is 15.3 Å². The molecule has 2 nitrogen and oxygen atoms in total. The van der Waals surface area contributed by atoms with Crippen LogP contribution in [-0.4, -0.2) is 36.6 Å². The summed E-state index contributed by atoms with van der Waals surface area (Å²) in [6.45, 7) is 5.19. The molecule has 0 aromatic rings. The summed E-state index contributed by atoms with van der Waals surface area (Å²) >= 11 is 0. The lowest BCUT2D eigenvalue weighted by molar-refractivity contribution is 0.0328. The number of nitrogens with zero attached hydrogens (tertiary/aromatic N) is 1. The van der Waals surface area contributed by atoms with Crippen LogP contribution in [0.4, 0.5) is 0 Å². The predicted octanol–water partition coefficient (Wildman–Crippen LogP) is 4.12. The van der Waals surface area contributed by atoms with E-state index >= 15 is 0 Å². The van der Waals surface area contributed by atoms with Crippen molar-refractivity contribution in [2.24, 2.45) is 5.92 Å². The number of hydrogen-bond acceptors (Lipinski definition) is 2. The molecule has 1 aliphatic heterocycles. The highest BCUT2D eigenvalue weighted by molar-refractivity contribution is 4.97. The van der Waals surface area contributed by atoms with Crippen LogP contribution in [0.5, 0.6) is 0 Å². The molecule has 21 heavy (non-hydrogen) atoms. The fraction of sp³-hybridized carbons (Fsp3) is 0.895. The van der Waals surface area contributed by atoms with Crippen LogP contribution in [0.3, 0.4) is 0 Å². The number of piperidine rings is 1. The van der Waals surface area contributed by atoms with Crippen LogP contribution in [0, 0.1) is 5.92 Å². The Morgan fingerprint density at radius 2 is 1.71 bits per heavy atom. The molecule has 1 atom stereocenters. The fourth-order valence-electron chi connectivity index (χ4n) is 4.73. The molecule has 0 bridgehead atoms. The standard InChI is InChI=1S/C19H34N2/c1-4-10-18(11-5-1)16-20-17-19(12-6-2-7-13-19)21-14-8-3-9-15-21/h1,4,18,20H,2-3,5-17H2. The van der Waals surface area contributed by atoms with Gasteiger partial charge in [-0.15, -0.1) is 0 Å². The van der Waals surface area contributed by atoms with Gasteiger partial charge in [-0.25, -0.2) is 0 Å². The van der Waals surface area contributed by atoms with Gasteiger partial charge < -0.3 is 5.32 Å². The molecule has 3 rings (SSSR count). The molecule has 1 N–H and O–H groups in total. The molecule has 3 aliphatic rings. The first-order valence-electron chi connectivity index (χ1n) is 9.50. The third-order valence-electron chi connectivity index (χ3n) is 6.08. The lowest BCUT2D eigenvalue weighted by Gasteiger charge is -2.48. The summed E-state index contributed by atoms with van der Waals surface area (Å²) < 4.78 is 0. The molecular weight excluding hydrogens is 256 g/mol. The summed E-state index contributed by atoms with van der Waals surface area (Å²) in [5, 5.41) is 3.89. The Morgan fingerprint density at radius 1 is 0.952 bits per heavy atom. The van der Waals surface area contributed by atoms with Gasteiger partial charge in [0.1, 0.15) is 0 Å². The number of nitrogens with one attached hydrogen (secondary N) is 1. The van der Waals surface area contributed by atoms with Crippen molar-refractivity contribution >= 4 is 0 Å². The maximum absolute atomic E-state index is 3.89. The summed E-state index contributed by atoms with van der Waals surface area (Å²) in [7, 11) is 0. The lowest BCUT2D eigenvalue weighted by atomic mass is 9.79. The van der Waals surface area contributed by atoms with E-state index in [1.54, 1.807) is 0 Å². The zero-order chi connectivity index (χ0) is 14.4. The molecular formula is C19H34N2. The van der Waals surface area contributed by atoms with Crippen molar-refractivity contribution in [1.29, 1.82) is 0 Å².